The van der Waals surface area contributed by atoms with Gasteiger partial charge in [0.05, 0.1) is 0 Å². The van der Waals surface area contributed by atoms with Gasteiger partial charge in [-0.2, -0.15) is 0 Å². The molecule has 2 nitrogen and oxygen atoms in total. The van der Waals surface area contributed by atoms with Crippen molar-refractivity contribution in [3.8, 4) is 0 Å². The standard InChI is InChI=1S/C16H30N2/c1-2-3-4-5-6-12-18(16-9-10-16)14-15-8-7-11-17-13-15/h2,15-17H,1,3-14H2. The molecular weight excluding hydrogens is 220 g/mol. The number of unbranched alkanes of at least 4 members (excludes halogenated alkanes) is 3. The molecule has 1 atom stereocenters. The quantitative estimate of drug-likeness (QED) is 0.499. The molecule has 0 aromatic rings. The van der Waals surface area contributed by atoms with Crippen molar-refractivity contribution in [2.45, 2.75) is 57.4 Å². The highest BCUT2D eigenvalue weighted by atomic mass is 15.2. The van der Waals surface area contributed by atoms with Crippen LogP contribution in [0.1, 0.15) is 51.4 Å². The highest BCUT2D eigenvalue weighted by molar-refractivity contribution is 4.86. The van der Waals surface area contributed by atoms with Gasteiger partial charge in [-0.25, -0.2) is 0 Å². The van der Waals surface area contributed by atoms with Gasteiger partial charge in [0.1, 0.15) is 0 Å². The Morgan fingerprint density at radius 3 is 2.72 bits per heavy atom. The smallest absolute Gasteiger partial charge is 0.00965 e. The molecule has 1 saturated heterocycles. The largest absolute Gasteiger partial charge is 0.316 e. The second-order valence-electron chi connectivity index (χ2n) is 6.08. The first-order valence-electron chi connectivity index (χ1n) is 7.96. The minimum Gasteiger partial charge on any atom is -0.316 e. The van der Waals surface area contributed by atoms with E-state index in [9.17, 15) is 0 Å². The molecule has 2 heteroatoms. The van der Waals surface area contributed by atoms with Crippen LogP contribution in [0, 0.1) is 5.92 Å². The Morgan fingerprint density at radius 2 is 2.06 bits per heavy atom. The third-order valence-electron chi connectivity index (χ3n) is 4.31. The van der Waals surface area contributed by atoms with Gasteiger partial charge in [-0.15, -0.1) is 6.58 Å². The van der Waals surface area contributed by atoms with Gasteiger partial charge in [-0.05, 0) is 70.5 Å². The first-order valence-corrected chi connectivity index (χ1v) is 7.96. The monoisotopic (exact) mass is 250 g/mol. The molecule has 0 bridgehead atoms. The minimum atomic E-state index is 0.910. The van der Waals surface area contributed by atoms with Gasteiger partial charge in [0.25, 0.3) is 0 Å². The summed E-state index contributed by atoms with van der Waals surface area (Å²) in [6.45, 7) is 8.96. The van der Waals surface area contributed by atoms with Crippen LogP contribution in [-0.2, 0) is 0 Å². The molecule has 1 aliphatic carbocycles. The third kappa shape index (κ3) is 5.11. The summed E-state index contributed by atoms with van der Waals surface area (Å²) in [7, 11) is 0. The van der Waals surface area contributed by atoms with Gasteiger partial charge < -0.3 is 10.2 Å². The highest BCUT2D eigenvalue weighted by Gasteiger charge is 2.30. The normalized spacial score (nSPS) is 24.4. The van der Waals surface area contributed by atoms with E-state index in [1.807, 2.05) is 6.08 Å². The maximum absolute atomic E-state index is 3.79. The molecule has 1 saturated carbocycles. The van der Waals surface area contributed by atoms with E-state index in [1.165, 1.54) is 77.5 Å². The molecule has 18 heavy (non-hydrogen) atoms. The summed E-state index contributed by atoms with van der Waals surface area (Å²) in [5.74, 6) is 0.910. The first-order chi connectivity index (χ1) is 8.90. The van der Waals surface area contributed by atoms with E-state index in [0.29, 0.717) is 0 Å². The fourth-order valence-corrected chi connectivity index (χ4v) is 3.05. The molecule has 104 valence electrons. The second kappa shape index (κ2) is 7.96. The molecule has 2 fully saturated rings. The average Bonchev–Trinajstić information content (AvgIpc) is 3.23. The predicted molar refractivity (Wildman–Crippen MR) is 78.9 cm³/mol. The maximum Gasteiger partial charge on any atom is 0.00965 e. The van der Waals surface area contributed by atoms with Crippen LogP contribution in [0.25, 0.3) is 0 Å². The first kappa shape index (κ1) is 14.1. The molecule has 0 radical (unpaired) electrons. The fourth-order valence-electron chi connectivity index (χ4n) is 3.05. The topological polar surface area (TPSA) is 15.3 Å². The van der Waals surface area contributed by atoms with Gasteiger partial charge in [-0.3, -0.25) is 0 Å². The van der Waals surface area contributed by atoms with Crippen molar-refractivity contribution in [2.24, 2.45) is 5.92 Å². The number of rotatable bonds is 9. The molecule has 2 aliphatic rings. The molecular formula is C16H30N2. The van der Waals surface area contributed by atoms with Crippen molar-refractivity contribution in [3.63, 3.8) is 0 Å². The third-order valence-corrected chi connectivity index (χ3v) is 4.31. The van der Waals surface area contributed by atoms with E-state index in [4.69, 9.17) is 0 Å². The van der Waals surface area contributed by atoms with Crippen LogP contribution in [0.5, 0.6) is 0 Å². The lowest BCUT2D eigenvalue weighted by Crippen LogP contribution is -2.39. The van der Waals surface area contributed by atoms with E-state index in [2.05, 4.69) is 16.8 Å². The van der Waals surface area contributed by atoms with E-state index < -0.39 is 0 Å². The summed E-state index contributed by atoms with van der Waals surface area (Å²) in [6, 6.07) is 0.936. The van der Waals surface area contributed by atoms with Crippen LogP contribution < -0.4 is 5.32 Å². The number of nitrogens with one attached hydrogen (secondary N) is 1. The molecule has 0 amide bonds. The van der Waals surface area contributed by atoms with Gasteiger partial charge in [-0.1, -0.05) is 12.5 Å². The average molecular weight is 250 g/mol. The van der Waals surface area contributed by atoms with Crippen molar-refractivity contribution < 1.29 is 0 Å². The molecule has 0 aromatic carbocycles. The Balaban J connectivity index is 1.62. The lowest BCUT2D eigenvalue weighted by atomic mass is 9.99. The number of nitrogens with zero attached hydrogens (tertiary/aromatic N) is 1. The summed E-state index contributed by atoms with van der Waals surface area (Å²) >= 11 is 0. The van der Waals surface area contributed by atoms with Gasteiger partial charge in [0.2, 0.25) is 0 Å². The Kier molecular flexibility index (Phi) is 6.22. The molecule has 1 aliphatic heterocycles. The molecule has 1 unspecified atom stereocenters. The van der Waals surface area contributed by atoms with Crippen LogP contribution >= 0.6 is 0 Å². The molecule has 1 heterocycles. The SMILES string of the molecule is C=CCCCCCN(CC1CCCNC1)C1CC1. The van der Waals surface area contributed by atoms with Crippen LogP contribution in [0.15, 0.2) is 12.7 Å². The van der Waals surface area contributed by atoms with Crippen molar-refractivity contribution in [2.75, 3.05) is 26.2 Å². The molecule has 2 rings (SSSR count). The zero-order valence-electron chi connectivity index (χ0n) is 11.9. The summed E-state index contributed by atoms with van der Waals surface area (Å²) in [4.78, 5) is 2.78. The van der Waals surface area contributed by atoms with Crippen LogP contribution in [-0.4, -0.2) is 37.1 Å². The summed E-state index contributed by atoms with van der Waals surface area (Å²) < 4.78 is 0. The van der Waals surface area contributed by atoms with Crippen LogP contribution in [0.2, 0.25) is 0 Å². The Bertz CT molecular complexity index is 229. The summed E-state index contributed by atoms with van der Waals surface area (Å²) in [5.41, 5.74) is 0. The lowest BCUT2D eigenvalue weighted by Gasteiger charge is -2.30. The van der Waals surface area contributed by atoms with Crippen molar-refractivity contribution in [3.05, 3.63) is 12.7 Å². The predicted octanol–water partition coefficient (Wildman–Crippen LogP) is 3.20. The van der Waals surface area contributed by atoms with Crippen LogP contribution in [0.4, 0.5) is 0 Å². The van der Waals surface area contributed by atoms with Gasteiger partial charge >= 0.3 is 0 Å². The number of hydrogen-bond acceptors (Lipinski definition) is 2. The highest BCUT2D eigenvalue weighted by Crippen LogP contribution is 2.28. The Hall–Kier alpha value is -0.340. The number of hydrogen-bond donors (Lipinski definition) is 1. The zero-order valence-corrected chi connectivity index (χ0v) is 11.9. The molecule has 0 spiro atoms. The maximum atomic E-state index is 3.79. The minimum absolute atomic E-state index is 0.910. The zero-order chi connectivity index (χ0) is 12.6. The summed E-state index contributed by atoms with van der Waals surface area (Å²) in [5, 5.41) is 3.55. The van der Waals surface area contributed by atoms with Crippen molar-refractivity contribution >= 4 is 0 Å². The fraction of sp³-hybridized carbons (Fsp3) is 0.875. The van der Waals surface area contributed by atoms with Crippen molar-refractivity contribution in [1.29, 1.82) is 0 Å². The number of allylic oxidation sites excluding steroid dienone is 1. The van der Waals surface area contributed by atoms with Gasteiger partial charge in [0.15, 0.2) is 0 Å². The molecule has 0 aromatic heterocycles. The Labute approximate surface area is 113 Å². The van der Waals surface area contributed by atoms with Crippen molar-refractivity contribution in [1.82, 2.24) is 10.2 Å². The van der Waals surface area contributed by atoms with E-state index >= 15 is 0 Å². The second-order valence-corrected chi connectivity index (χ2v) is 6.08. The summed E-state index contributed by atoms with van der Waals surface area (Å²) in [6.07, 6.45) is 13.0. The van der Waals surface area contributed by atoms with Crippen LogP contribution in [0.3, 0.4) is 0 Å². The van der Waals surface area contributed by atoms with E-state index in [-0.39, 0.29) is 0 Å². The number of piperidine rings is 1. The van der Waals surface area contributed by atoms with Gasteiger partial charge in [0, 0.05) is 12.6 Å². The lowest BCUT2D eigenvalue weighted by molar-refractivity contribution is 0.196. The molecule has 1 N–H and O–H groups in total. The van der Waals surface area contributed by atoms with E-state index in [0.717, 1.165) is 12.0 Å². The van der Waals surface area contributed by atoms with E-state index in [1.54, 1.807) is 0 Å². The Morgan fingerprint density at radius 1 is 1.17 bits per heavy atom.